The Labute approximate surface area is 107 Å². The molecular formula is C14H18FNO2. The second kappa shape index (κ2) is 5.06. The normalized spacial score (nSPS) is 24.1. The minimum atomic E-state index is -0.422. The van der Waals surface area contributed by atoms with Gasteiger partial charge in [-0.3, -0.25) is 4.79 Å². The van der Waals surface area contributed by atoms with Crippen LogP contribution >= 0.6 is 0 Å². The topological polar surface area (TPSA) is 29.5 Å². The molecule has 3 nitrogen and oxygen atoms in total. The summed E-state index contributed by atoms with van der Waals surface area (Å²) in [5.41, 5.74) is 0.644. The second-order valence-electron chi connectivity index (χ2n) is 4.89. The number of ether oxygens (including phenoxy) is 1. The highest BCUT2D eigenvalue weighted by molar-refractivity contribution is 5.95. The molecule has 1 aromatic carbocycles. The summed E-state index contributed by atoms with van der Waals surface area (Å²) in [6.45, 7) is 6.50. The van der Waals surface area contributed by atoms with Gasteiger partial charge in [-0.2, -0.15) is 0 Å². The van der Waals surface area contributed by atoms with Crippen molar-refractivity contribution in [2.24, 2.45) is 0 Å². The maximum absolute atomic E-state index is 14.0. The molecule has 2 rings (SSSR count). The number of aryl methyl sites for hydroxylation is 1. The van der Waals surface area contributed by atoms with Crippen LogP contribution < -0.4 is 0 Å². The maximum Gasteiger partial charge on any atom is 0.257 e. The second-order valence-corrected chi connectivity index (χ2v) is 4.89. The molecular weight excluding hydrogens is 233 g/mol. The zero-order valence-electron chi connectivity index (χ0n) is 10.9. The average Bonchev–Trinajstić information content (AvgIpc) is 2.35. The Kier molecular flexibility index (Phi) is 3.66. The van der Waals surface area contributed by atoms with Gasteiger partial charge in [0.25, 0.3) is 5.91 Å². The minimum absolute atomic E-state index is 0.00183. The van der Waals surface area contributed by atoms with Gasteiger partial charge in [0.2, 0.25) is 0 Å². The number of nitrogens with zero attached hydrogens (tertiary/aromatic N) is 1. The number of halogens is 1. The third-order valence-electron chi connectivity index (χ3n) is 3.29. The number of benzene rings is 1. The van der Waals surface area contributed by atoms with Crippen molar-refractivity contribution in [1.82, 2.24) is 4.90 Å². The quantitative estimate of drug-likeness (QED) is 0.767. The van der Waals surface area contributed by atoms with Crippen molar-refractivity contribution < 1.29 is 13.9 Å². The molecule has 0 spiro atoms. The minimum Gasteiger partial charge on any atom is -0.375 e. The Morgan fingerprint density at radius 2 is 2.17 bits per heavy atom. The van der Waals surface area contributed by atoms with Gasteiger partial charge in [0.1, 0.15) is 5.82 Å². The lowest BCUT2D eigenvalue weighted by atomic mass is 10.1. The molecule has 0 bridgehead atoms. The molecule has 1 aromatic rings. The smallest absolute Gasteiger partial charge is 0.257 e. The first-order valence-corrected chi connectivity index (χ1v) is 6.18. The third-order valence-corrected chi connectivity index (χ3v) is 3.29. The van der Waals surface area contributed by atoms with E-state index >= 15 is 0 Å². The van der Waals surface area contributed by atoms with E-state index in [9.17, 15) is 9.18 Å². The van der Waals surface area contributed by atoms with Crippen LogP contribution in [0.3, 0.4) is 0 Å². The van der Waals surface area contributed by atoms with Crippen LogP contribution in [0.4, 0.5) is 4.39 Å². The maximum atomic E-state index is 14.0. The van der Waals surface area contributed by atoms with Crippen molar-refractivity contribution in [3.63, 3.8) is 0 Å². The highest BCUT2D eigenvalue weighted by Crippen LogP contribution is 2.19. The fraction of sp³-hybridized carbons (Fsp3) is 0.500. The van der Waals surface area contributed by atoms with Gasteiger partial charge >= 0.3 is 0 Å². The predicted molar refractivity (Wildman–Crippen MR) is 67.0 cm³/mol. The monoisotopic (exact) mass is 251 g/mol. The molecule has 4 heteroatoms. The summed E-state index contributed by atoms with van der Waals surface area (Å²) in [5, 5.41) is 0. The molecule has 98 valence electrons. The summed E-state index contributed by atoms with van der Waals surface area (Å²) in [6.07, 6.45) is -0.00183. The van der Waals surface area contributed by atoms with Crippen LogP contribution in [0.5, 0.6) is 0 Å². The average molecular weight is 251 g/mol. The van der Waals surface area contributed by atoms with Gasteiger partial charge in [-0.15, -0.1) is 0 Å². The number of hydrogen-bond acceptors (Lipinski definition) is 2. The number of carbonyl (C=O) groups is 1. The number of carbonyl (C=O) groups excluding carboxylic acids is 1. The third kappa shape index (κ3) is 2.38. The highest BCUT2D eigenvalue weighted by atomic mass is 19.1. The number of hydrogen-bond donors (Lipinski definition) is 0. The van der Waals surface area contributed by atoms with E-state index in [1.54, 1.807) is 24.0 Å². The number of rotatable bonds is 1. The summed E-state index contributed by atoms with van der Waals surface area (Å²) in [7, 11) is 0. The molecule has 0 aliphatic carbocycles. The van der Waals surface area contributed by atoms with E-state index in [-0.39, 0.29) is 23.6 Å². The van der Waals surface area contributed by atoms with Crippen LogP contribution in [0, 0.1) is 12.7 Å². The van der Waals surface area contributed by atoms with Crippen molar-refractivity contribution in [2.45, 2.75) is 32.9 Å². The molecule has 0 N–H and O–H groups in total. The summed E-state index contributed by atoms with van der Waals surface area (Å²) in [6, 6.07) is 4.89. The van der Waals surface area contributed by atoms with Gasteiger partial charge < -0.3 is 9.64 Å². The molecule has 1 aliphatic rings. The van der Waals surface area contributed by atoms with E-state index < -0.39 is 5.82 Å². The Balaban J connectivity index is 2.27. The lowest BCUT2D eigenvalue weighted by Gasteiger charge is -2.36. The van der Waals surface area contributed by atoms with Crippen LogP contribution in [0.15, 0.2) is 18.2 Å². The highest BCUT2D eigenvalue weighted by Gasteiger charge is 2.29. The van der Waals surface area contributed by atoms with Crippen molar-refractivity contribution in [3.8, 4) is 0 Å². The van der Waals surface area contributed by atoms with Crippen LogP contribution in [-0.2, 0) is 4.74 Å². The number of amides is 1. The van der Waals surface area contributed by atoms with Crippen LogP contribution in [0.1, 0.15) is 29.8 Å². The Hall–Kier alpha value is -1.42. The van der Waals surface area contributed by atoms with Gasteiger partial charge in [-0.05, 0) is 32.4 Å². The fourth-order valence-electron chi connectivity index (χ4n) is 2.15. The van der Waals surface area contributed by atoms with Crippen molar-refractivity contribution in [2.75, 3.05) is 13.2 Å². The molecule has 1 aliphatic heterocycles. The van der Waals surface area contributed by atoms with Crippen molar-refractivity contribution >= 4 is 5.91 Å². The Morgan fingerprint density at radius 1 is 1.44 bits per heavy atom. The predicted octanol–water partition coefficient (Wildman–Crippen LogP) is 2.38. The first kappa shape index (κ1) is 13.0. The Morgan fingerprint density at radius 3 is 2.89 bits per heavy atom. The van der Waals surface area contributed by atoms with Crippen LogP contribution in [-0.4, -0.2) is 36.1 Å². The van der Waals surface area contributed by atoms with E-state index in [4.69, 9.17) is 4.74 Å². The fourth-order valence-corrected chi connectivity index (χ4v) is 2.15. The molecule has 0 radical (unpaired) electrons. The lowest BCUT2D eigenvalue weighted by Crippen LogP contribution is -2.50. The summed E-state index contributed by atoms with van der Waals surface area (Å²) in [4.78, 5) is 14.0. The van der Waals surface area contributed by atoms with E-state index in [0.717, 1.165) is 0 Å². The molecule has 0 aromatic heterocycles. The standard InChI is InChI=1S/C14H18FNO2/c1-9-5-4-6-12(13(9)15)14(17)16-7-11(3)18-8-10(16)2/h4-6,10-11H,7-8H2,1-3H3. The first-order valence-electron chi connectivity index (χ1n) is 6.18. The van der Waals surface area contributed by atoms with Gasteiger partial charge in [0, 0.05) is 6.54 Å². The molecule has 0 saturated carbocycles. The van der Waals surface area contributed by atoms with Crippen LogP contribution in [0.25, 0.3) is 0 Å². The molecule has 1 saturated heterocycles. The van der Waals surface area contributed by atoms with Crippen molar-refractivity contribution in [3.05, 3.63) is 35.1 Å². The van der Waals surface area contributed by atoms with Gasteiger partial charge in [0.05, 0.1) is 24.3 Å². The number of morpholine rings is 1. The lowest BCUT2D eigenvalue weighted by molar-refractivity contribution is -0.0388. The van der Waals surface area contributed by atoms with E-state index in [1.165, 1.54) is 6.07 Å². The molecule has 18 heavy (non-hydrogen) atoms. The Bertz CT molecular complexity index is 461. The van der Waals surface area contributed by atoms with E-state index in [1.807, 2.05) is 13.8 Å². The van der Waals surface area contributed by atoms with Gasteiger partial charge in [0.15, 0.2) is 0 Å². The van der Waals surface area contributed by atoms with Crippen molar-refractivity contribution in [1.29, 1.82) is 0 Å². The molecule has 2 unspecified atom stereocenters. The molecule has 2 atom stereocenters. The molecule has 1 amide bonds. The van der Waals surface area contributed by atoms with Gasteiger partial charge in [-0.1, -0.05) is 12.1 Å². The summed E-state index contributed by atoms with van der Waals surface area (Å²) < 4.78 is 19.4. The van der Waals surface area contributed by atoms with Gasteiger partial charge in [-0.25, -0.2) is 4.39 Å². The first-order chi connectivity index (χ1) is 8.50. The molecule has 1 fully saturated rings. The van der Waals surface area contributed by atoms with E-state index in [2.05, 4.69) is 0 Å². The largest absolute Gasteiger partial charge is 0.375 e. The molecule has 1 heterocycles. The van der Waals surface area contributed by atoms with E-state index in [0.29, 0.717) is 18.7 Å². The zero-order valence-corrected chi connectivity index (χ0v) is 10.9. The summed E-state index contributed by atoms with van der Waals surface area (Å²) in [5.74, 6) is -0.673. The SMILES string of the molecule is Cc1cccc(C(=O)N2CC(C)OCC2C)c1F. The zero-order chi connectivity index (χ0) is 13.3. The van der Waals surface area contributed by atoms with Crippen LogP contribution in [0.2, 0.25) is 0 Å². The summed E-state index contributed by atoms with van der Waals surface area (Å²) >= 11 is 0.